The van der Waals surface area contributed by atoms with E-state index in [1.165, 1.54) is 0 Å². The first-order valence-electron chi connectivity index (χ1n) is 8.79. The van der Waals surface area contributed by atoms with Gasteiger partial charge in [0.15, 0.2) is 6.10 Å². The van der Waals surface area contributed by atoms with Crippen LogP contribution in [0.25, 0.3) is 0 Å². The van der Waals surface area contributed by atoms with Crippen molar-refractivity contribution in [1.29, 1.82) is 0 Å². The number of carbonyl (C=O) groups is 1. The van der Waals surface area contributed by atoms with Crippen molar-refractivity contribution >= 4 is 26.2 Å². The van der Waals surface area contributed by atoms with Gasteiger partial charge in [-0.2, -0.15) is 8.42 Å². The van der Waals surface area contributed by atoms with Crippen LogP contribution >= 0.6 is 0 Å². The van der Waals surface area contributed by atoms with E-state index in [1.54, 1.807) is 13.8 Å². The van der Waals surface area contributed by atoms with E-state index in [9.17, 15) is 26.2 Å². The van der Waals surface area contributed by atoms with Crippen LogP contribution in [0.15, 0.2) is 11.1 Å². The fraction of sp³-hybridized carbons (Fsp3) is 0.812. The lowest BCUT2D eigenvalue weighted by molar-refractivity contribution is -0.153. The average molecular weight is 421 g/mol. The number of hydrogen-bond acceptors (Lipinski definition) is 9. The Bertz CT molecular complexity index is 920. The van der Waals surface area contributed by atoms with Gasteiger partial charge in [0.25, 0.3) is 10.1 Å². The molecule has 11 heteroatoms. The molecular weight excluding hydrogens is 400 g/mol. The highest BCUT2D eigenvalue weighted by atomic mass is 32.2. The summed E-state index contributed by atoms with van der Waals surface area (Å²) in [6.45, 7) is 3.44. The highest BCUT2D eigenvalue weighted by molar-refractivity contribution is 7.87. The topological polar surface area (TPSA) is 136 Å². The van der Waals surface area contributed by atoms with Crippen LogP contribution in [0, 0.1) is 5.41 Å². The Morgan fingerprint density at radius 2 is 2.07 bits per heavy atom. The average Bonchev–Trinajstić information content (AvgIpc) is 3.18. The molecule has 0 spiro atoms. The minimum atomic E-state index is -4.38. The van der Waals surface area contributed by atoms with Crippen LogP contribution in [0.5, 0.6) is 0 Å². The second-order valence-corrected chi connectivity index (χ2v) is 11.3. The molecule has 4 rings (SSSR count). The van der Waals surface area contributed by atoms with Crippen LogP contribution in [0.2, 0.25) is 0 Å². The van der Waals surface area contributed by atoms with E-state index in [0.717, 1.165) is 11.1 Å². The smallest absolute Gasteiger partial charge is 0.310 e. The molecule has 0 aromatic rings. The number of esters is 1. The summed E-state index contributed by atoms with van der Waals surface area (Å²) in [5.41, 5.74) is 0.706. The quantitative estimate of drug-likeness (QED) is 0.264. The van der Waals surface area contributed by atoms with Crippen LogP contribution in [-0.2, 0) is 38.7 Å². The Kier molecular flexibility index (Phi) is 4.29. The SMILES string of the molecule is CC1=C(CC(=O)OC2C3CC4C(O3)C2OS4(=O)=O)CCC1(C)CS(=O)(=O)[O-]. The first kappa shape index (κ1) is 19.3. The molecule has 0 radical (unpaired) electrons. The fourth-order valence-electron chi connectivity index (χ4n) is 4.76. The molecular formula is C16H21O9S2-. The van der Waals surface area contributed by atoms with E-state index in [-0.39, 0.29) is 12.8 Å². The second-order valence-electron chi connectivity index (χ2n) is 8.09. The molecule has 3 heterocycles. The van der Waals surface area contributed by atoms with E-state index < -0.39 is 67.0 Å². The van der Waals surface area contributed by atoms with Crippen LogP contribution in [0.4, 0.5) is 0 Å². The van der Waals surface area contributed by atoms with Crippen molar-refractivity contribution < 1.29 is 39.8 Å². The molecule has 9 nitrogen and oxygen atoms in total. The first-order chi connectivity index (χ1) is 12.4. The molecule has 27 heavy (non-hydrogen) atoms. The lowest BCUT2D eigenvalue weighted by atomic mass is 9.86. The summed E-state index contributed by atoms with van der Waals surface area (Å²) in [7, 11) is -8.06. The van der Waals surface area contributed by atoms with Gasteiger partial charge in [0.05, 0.1) is 22.6 Å². The van der Waals surface area contributed by atoms with Gasteiger partial charge in [-0.25, -0.2) is 8.42 Å². The fourth-order valence-corrected chi connectivity index (χ4v) is 7.54. The Balaban J connectivity index is 1.43. The van der Waals surface area contributed by atoms with Crippen LogP contribution in [0.3, 0.4) is 0 Å². The summed E-state index contributed by atoms with van der Waals surface area (Å²) in [5, 5.41) is -0.683. The van der Waals surface area contributed by atoms with Gasteiger partial charge in [-0.3, -0.25) is 8.98 Å². The summed E-state index contributed by atoms with van der Waals surface area (Å²) in [6.07, 6.45) is -1.41. The minimum absolute atomic E-state index is 0.0306. The van der Waals surface area contributed by atoms with E-state index in [2.05, 4.69) is 0 Å². The van der Waals surface area contributed by atoms with E-state index in [4.69, 9.17) is 13.7 Å². The van der Waals surface area contributed by atoms with Crippen molar-refractivity contribution in [3.63, 3.8) is 0 Å². The number of fused-ring (bicyclic) bond motifs is 1. The maximum absolute atomic E-state index is 12.4. The third kappa shape index (κ3) is 3.23. The predicted octanol–water partition coefficient (Wildman–Crippen LogP) is 0.218. The highest BCUT2D eigenvalue weighted by Crippen LogP contribution is 2.48. The van der Waals surface area contributed by atoms with Gasteiger partial charge >= 0.3 is 5.97 Å². The highest BCUT2D eigenvalue weighted by Gasteiger charge is 2.67. The van der Waals surface area contributed by atoms with E-state index in [1.807, 2.05) is 0 Å². The van der Waals surface area contributed by atoms with Gasteiger partial charge in [0.1, 0.15) is 17.5 Å². The number of carbonyl (C=O) groups excluding carboxylic acids is 1. The normalized spacial score (nSPS) is 42.1. The van der Waals surface area contributed by atoms with E-state index >= 15 is 0 Å². The molecule has 0 saturated carbocycles. The van der Waals surface area contributed by atoms with E-state index in [0.29, 0.717) is 12.8 Å². The maximum Gasteiger partial charge on any atom is 0.310 e. The maximum atomic E-state index is 12.4. The molecule has 6 atom stereocenters. The van der Waals surface area contributed by atoms with Crippen molar-refractivity contribution in [3.8, 4) is 0 Å². The van der Waals surface area contributed by atoms with Crippen LogP contribution < -0.4 is 0 Å². The van der Waals surface area contributed by atoms with Crippen molar-refractivity contribution in [2.75, 3.05) is 5.75 Å². The predicted molar refractivity (Wildman–Crippen MR) is 90.0 cm³/mol. The summed E-state index contributed by atoms with van der Waals surface area (Å²) in [4.78, 5) is 12.4. The summed E-state index contributed by atoms with van der Waals surface area (Å²) in [6, 6.07) is 0. The molecule has 0 N–H and O–H groups in total. The lowest BCUT2D eigenvalue weighted by Gasteiger charge is -2.27. The number of hydrogen-bond donors (Lipinski definition) is 0. The summed E-state index contributed by atoms with van der Waals surface area (Å²) >= 11 is 0. The van der Waals surface area contributed by atoms with Gasteiger partial charge in [-0.05, 0) is 26.2 Å². The van der Waals surface area contributed by atoms with Crippen molar-refractivity contribution in [3.05, 3.63) is 11.1 Å². The lowest BCUT2D eigenvalue weighted by Crippen LogP contribution is -2.41. The van der Waals surface area contributed by atoms with Gasteiger partial charge in [0, 0.05) is 11.2 Å². The molecule has 0 aromatic carbocycles. The third-order valence-corrected chi connectivity index (χ3v) is 9.01. The zero-order chi connectivity index (χ0) is 19.8. The molecule has 0 amide bonds. The van der Waals surface area contributed by atoms with Crippen molar-refractivity contribution in [2.24, 2.45) is 5.41 Å². The monoisotopic (exact) mass is 421 g/mol. The van der Waals surface area contributed by atoms with Gasteiger partial charge < -0.3 is 14.0 Å². The van der Waals surface area contributed by atoms with Crippen LogP contribution in [-0.4, -0.2) is 62.8 Å². The van der Waals surface area contributed by atoms with Crippen molar-refractivity contribution in [2.45, 2.75) is 69.2 Å². The molecule has 2 bridgehead atoms. The molecule has 3 fully saturated rings. The standard InChI is InChI=1S/C16H22O9S2/c1-8-9(3-4-16(8,2)7-26(18,19)20)5-12(17)24-13-10-6-11-14(23-10)15(13)25-27(11,21)22/h10-11,13-15H,3-7H2,1-2H3,(H,18,19,20)/p-1. The Morgan fingerprint density at radius 3 is 2.74 bits per heavy atom. The first-order valence-corrected chi connectivity index (χ1v) is 11.8. The molecule has 1 aliphatic carbocycles. The zero-order valence-corrected chi connectivity index (χ0v) is 16.5. The Hall–Kier alpha value is -1.01. The van der Waals surface area contributed by atoms with Gasteiger partial charge in [-0.1, -0.05) is 18.1 Å². The number of allylic oxidation sites excluding steroid dienone is 1. The van der Waals surface area contributed by atoms with Crippen LogP contribution in [0.1, 0.15) is 39.5 Å². The van der Waals surface area contributed by atoms with Gasteiger partial charge in [-0.15, -0.1) is 0 Å². The molecule has 3 saturated heterocycles. The zero-order valence-electron chi connectivity index (χ0n) is 14.9. The Morgan fingerprint density at radius 1 is 1.37 bits per heavy atom. The molecule has 3 aliphatic heterocycles. The minimum Gasteiger partial charge on any atom is -0.748 e. The molecule has 6 unspecified atom stereocenters. The molecule has 0 aromatic heterocycles. The van der Waals surface area contributed by atoms with Gasteiger partial charge in [0.2, 0.25) is 0 Å². The molecule has 152 valence electrons. The summed E-state index contributed by atoms with van der Waals surface area (Å²) < 4.78 is 73.4. The second kappa shape index (κ2) is 5.99. The largest absolute Gasteiger partial charge is 0.748 e. The Labute approximate surface area is 157 Å². The summed E-state index contributed by atoms with van der Waals surface area (Å²) in [5.74, 6) is -1.04. The number of rotatable bonds is 5. The molecule has 4 aliphatic rings. The number of ether oxygens (including phenoxy) is 2. The van der Waals surface area contributed by atoms with Crippen molar-refractivity contribution in [1.82, 2.24) is 0 Å². The third-order valence-electron chi connectivity index (χ3n) is 6.33.